The molecule has 248 valence electrons. The minimum atomic E-state index is -0.945. The Morgan fingerprint density at radius 3 is 2.31 bits per heavy atom. The van der Waals surface area contributed by atoms with Crippen molar-refractivity contribution in [2.24, 2.45) is 44.3 Å². The van der Waals surface area contributed by atoms with Gasteiger partial charge in [0.15, 0.2) is 11.5 Å². The van der Waals surface area contributed by atoms with E-state index >= 15 is 0 Å². The van der Waals surface area contributed by atoms with E-state index in [1.165, 1.54) is 29.9 Å². The van der Waals surface area contributed by atoms with E-state index in [9.17, 15) is 30.3 Å². The molecule has 0 saturated heterocycles. The van der Waals surface area contributed by atoms with Crippen LogP contribution in [0, 0.1) is 44.3 Å². The van der Waals surface area contributed by atoms with Crippen LogP contribution in [0.1, 0.15) is 105 Å². The zero-order valence-electron chi connectivity index (χ0n) is 28.0. The second-order valence-electron chi connectivity index (χ2n) is 17.3. The first-order valence-electron chi connectivity index (χ1n) is 17.0. The summed E-state index contributed by atoms with van der Waals surface area (Å²) in [5, 5.41) is 54.1. The highest BCUT2D eigenvalue weighted by atomic mass is 16.6. The van der Waals surface area contributed by atoms with Crippen LogP contribution in [-0.4, -0.2) is 56.4 Å². The summed E-state index contributed by atoms with van der Waals surface area (Å²) in [6.45, 7) is 13.5. The van der Waals surface area contributed by atoms with Gasteiger partial charge in [-0.1, -0.05) is 53.7 Å². The number of hydrogen-bond donors (Lipinski definition) is 5. The molecule has 6 rings (SSSR count). The molecule has 0 aliphatic heterocycles. The van der Waals surface area contributed by atoms with Gasteiger partial charge in [0.05, 0.1) is 18.8 Å². The van der Waals surface area contributed by atoms with Crippen molar-refractivity contribution in [2.45, 2.75) is 118 Å². The Hall–Kier alpha value is -2.35. The zero-order valence-corrected chi connectivity index (χ0v) is 28.0. The maximum Gasteiger partial charge on any atom is 0.331 e. The highest BCUT2D eigenvalue weighted by Crippen LogP contribution is 2.75. The fourth-order valence-corrected chi connectivity index (χ4v) is 11.8. The summed E-state index contributed by atoms with van der Waals surface area (Å²) in [5.41, 5.74) is 0.647. The molecule has 1 aromatic carbocycles. The molecular weight excluding hydrogens is 568 g/mol. The van der Waals surface area contributed by atoms with Crippen molar-refractivity contribution < 1.29 is 35.1 Å². The molecule has 4 fully saturated rings. The number of aliphatic hydroxyl groups excluding tert-OH is 3. The van der Waals surface area contributed by atoms with Gasteiger partial charge in [0.1, 0.15) is 6.10 Å². The molecule has 1 aromatic rings. The van der Waals surface area contributed by atoms with Crippen molar-refractivity contribution in [1.82, 2.24) is 0 Å². The Morgan fingerprint density at radius 2 is 1.67 bits per heavy atom. The molecule has 0 aromatic heterocycles. The molecule has 0 amide bonds. The molecule has 0 unspecified atom stereocenters. The fourth-order valence-electron chi connectivity index (χ4n) is 11.8. The number of carbonyl (C=O) groups is 1. The molecule has 5 N–H and O–H groups in total. The van der Waals surface area contributed by atoms with Gasteiger partial charge >= 0.3 is 5.97 Å². The number of carbonyl (C=O) groups excluding carboxylic acids is 1. The number of benzene rings is 1. The largest absolute Gasteiger partial charge is 0.504 e. The summed E-state index contributed by atoms with van der Waals surface area (Å²) in [5.74, 6) is -0.883. The van der Waals surface area contributed by atoms with Gasteiger partial charge in [0.2, 0.25) is 0 Å². The van der Waals surface area contributed by atoms with Crippen LogP contribution in [0.5, 0.6) is 11.5 Å². The third-order valence-corrected chi connectivity index (χ3v) is 14.4. The van der Waals surface area contributed by atoms with E-state index in [0.717, 1.165) is 51.4 Å². The number of rotatable bonds is 4. The molecule has 45 heavy (non-hydrogen) atoms. The first kappa shape index (κ1) is 32.6. The van der Waals surface area contributed by atoms with Crippen LogP contribution in [0.4, 0.5) is 0 Å². The maximum absolute atomic E-state index is 13.0. The van der Waals surface area contributed by atoms with Gasteiger partial charge in [-0.3, -0.25) is 0 Å². The molecule has 4 saturated carbocycles. The third-order valence-electron chi connectivity index (χ3n) is 14.4. The van der Waals surface area contributed by atoms with E-state index < -0.39 is 29.7 Å². The van der Waals surface area contributed by atoms with Crippen LogP contribution < -0.4 is 0 Å². The molecular formula is C38H54O7. The second-order valence-corrected chi connectivity index (χ2v) is 17.3. The average molecular weight is 623 g/mol. The first-order chi connectivity index (χ1) is 20.9. The van der Waals surface area contributed by atoms with Crippen molar-refractivity contribution in [3.05, 3.63) is 41.5 Å². The Bertz CT molecular complexity index is 1410. The van der Waals surface area contributed by atoms with Crippen molar-refractivity contribution >= 4 is 12.0 Å². The number of aromatic hydroxyl groups is 2. The van der Waals surface area contributed by atoms with Crippen molar-refractivity contribution in [1.29, 1.82) is 0 Å². The van der Waals surface area contributed by atoms with Crippen LogP contribution in [0.3, 0.4) is 0 Å². The van der Waals surface area contributed by atoms with Crippen LogP contribution in [0.15, 0.2) is 35.9 Å². The lowest BCUT2D eigenvalue weighted by molar-refractivity contribution is -0.249. The number of allylic oxidation sites excluding steroid dienone is 1. The standard InChI is InChI=1S/C38H54O7/c1-33(2)15-17-38(21-33)18-16-36(5)24(31(38)44)9-11-29-34(3)20-27(42)32(35(4,22-39)28(34)13-14-37(29,36)6)45-30(43)12-8-23-7-10-25(40)26(41)19-23/h7-10,12,19,27-29,31-32,39-42,44H,11,13-18,20-22H2,1-6H3/b12-8+/t27-,28-,29-,31-,32+,34+,35+,36-,37-,38+/m1/s1. The number of phenolic OH excluding ortho intramolecular Hbond substituents is 2. The maximum atomic E-state index is 13.0. The molecule has 7 nitrogen and oxygen atoms in total. The molecule has 7 heteroatoms. The number of aliphatic hydroxyl groups is 3. The van der Waals surface area contributed by atoms with E-state index in [-0.39, 0.29) is 57.0 Å². The van der Waals surface area contributed by atoms with Gasteiger partial charge < -0.3 is 30.3 Å². The smallest absolute Gasteiger partial charge is 0.331 e. The van der Waals surface area contributed by atoms with Crippen LogP contribution in [0.2, 0.25) is 0 Å². The summed E-state index contributed by atoms with van der Waals surface area (Å²) in [6, 6.07) is 4.26. The van der Waals surface area contributed by atoms with Gasteiger partial charge in [-0.25, -0.2) is 4.79 Å². The Morgan fingerprint density at radius 1 is 0.956 bits per heavy atom. The molecule has 0 bridgehead atoms. The van der Waals surface area contributed by atoms with Crippen LogP contribution in [-0.2, 0) is 9.53 Å². The minimum Gasteiger partial charge on any atom is -0.504 e. The van der Waals surface area contributed by atoms with E-state index in [1.807, 2.05) is 6.92 Å². The number of ether oxygens (including phenoxy) is 1. The van der Waals surface area contributed by atoms with E-state index in [0.29, 0.717) is 12.0 Å². The summed E-state index contributed by atoms with van der Waals surface area (Å²) >= 11 is 0. The monoisotopic (exact) mass is 622 g/mol. The molecule has 0 heterocycles. The van der Waals surface area contributed by atoms with Crippen LogP contribution in [0.25, 0.3) is 6.08 Å². The molecule has 10 atom stereocenters. The zero-order chi connectivity index (χ0) is 32.8. The highest BCUT2D eigenvalue weighted by Gasteiger charge is 2.70. The molecule has 0 radical (unpaired) electrons. The first-order valence-corrected chi connectivity index (χ1v) is 17.0. The Kier molecular flexibility index (Phi) is 7.66. The Labute approximate surface area is 268 Å². The lowest BCUT2D eigenvalue weighted by Crippen LogP contribution is -2.68. The normalized spacial score (nSPS) is 45.4. The van der Waals surface area contributed by atoms with E-state index in [1.54, 1.807) is 6.07 Å². The molecule has 1 spiro atoms. The van der Waals surface area contributed by atoms with Crippen LogP contribution >= 0.6 is 0 Å². The molecule has 5 aliphatic carbocycles. The fraction of sp³-hybridized carbons (Fsp3) is 0.711. The van der Waals surface area contributed by atoms with Gasteiger partial charge in [-0.15, -0.1) is 0 Å². The second kappa shape index (κ2) is 10.6. The molecule has 5 aliphatic rings. The quantitative estimate of drug-likeness (QED) is 0.112. The number of fused-ring (bicyclic) bond motifs is 5. The van der Waals surface area contributed by atoms with E-state index in [2.05, 4.69) is 40.7 Å². The van der Waals surface area contributed by atoms with Gasteiger partial charge in [0, 0.05) is 16.9 Å². The van der Waals surface area contributed by atoms with Crippen molar-refractivity contribution in [3.63, 3.8) is 0 Å². The number of esters is 1. The summed E-state index contributed by atoms with van der Waals surface area (Å²) in [6.07, 6.45) is 11.4. The lowest BCUT2D eigenvalue weighted by atomic mass is 9.34. The van der Waals surface area contributed by atoms with Gasteiger partial charge in [-0.05, 0) is 121 Å². The van der Waals surface area contributed by atoms with Gasteiger partial charge in [-0.2, -0.15) is 0 Å². The predicted octanol–water partition coefficient (Wildman–Crippen LogP) is 6.51. The highest BCUT2D eigenvalue weighted by molar-refractivity contribution is 5.87. The lowest BCUT2D eigenvalue weighted by Gasteiger charge is -2.71. The third kappa shape index (κ3) is 4.73. The van der Waals surface area contributed by atoms with E-state index in [4.69, 9.17) is 4.74 Å². The minimum absolute atomic E-state index is 0.0240. The SMILES string of the molecule is CC1(C)CC[C@]2(CC[C@]3(C)C(=CC[C@@H]4[C@@]5(C)C[C@@H](O)[C@H](OC(=O)/C=C/c6ccc(O)c(O)c6)[C@@](C)(CO)[C@@H]5CC[C@]43C)[C@H]2O)C1. The predicted molar refractivity (Wildman–Crippen MR) is 173 cm³/mol. The van der Waals surface area contributed by atoms with Crippen molar-refractivity contribution in [2.75, 3.05) is 6.61 Å². The number of hydrogen-bond acceptors (Lipinski definition) is 7. The van der Waals surface area contributed by atoms with Crippen molar-refractivity contribution in [3.8, 4) is 11.5 Å². The van der Waals surface area contributed by atoms with Gasteiger partial charge in [0.25, 0.3) is 0 Å². The summed E-state index contributed by atoms with van der Waals surface area (Å²) in [4.78, 5) is 13.0. The Balaban J connectivity index is 1.27. The average Bonchev–Trinajstić information content (AvgIpc) is 3.29. The summed E-state index contributed by atoms with van der Waals surface area (Å²) in [7, 11) is 0. The topological polar surface area (TPSA) is 127 Å². The number of phenols is 2. The summed E-state index contributed by atoms with van der Waals surface area (Å²) < 4.78 is 5.94.